The third kappa shape index (κ3) is 4.59. The lowest BCUT2D eigenvalue weighted by Gasteiger charge is -2.52. The van der Waals surface area contributed by atoms with Gasteiger partial charge in [-0.1, -0.05) is 26.0 Å². The smallest absolute Gasteiger partial charge is 0.188 e. The zero-order valence-corrected chi connectivity index (χ0v) is 22.3. The van der Waals surface area contributed by atoms with Gasteiger partial charge in [0.2, 0.25) is 0 Å². The summed E-state index contributed by atoms with van der Waals surface area (Å²) >= 11 is 0. The molecule has 3 aliphatic carbocycles. The van der Waals surface area contributed by atoms with E-state index in [-0.39, 0.29) is 30.9 Å². The lowest BCUT2D eigenvalue weighted by Crippen LogP contribution is -2.44. The molecule has 0 bridgehead atoms. The summed E-state index contributed by atoms with van der Waals surface area (Å²) < 4.78 is 11.1. The summed E-state index contributed by atoms with van der Waals surface area (Å²) in [7, 11) is 1.68. The maximum atomic E-state index is 6.84. The van der Waals surface area contributed by atoms with Crippen molar-refractivity contribution in [1.82, 2.24) is 4.98 Å². The summed E-state index contributed by atoms with van der Waals surface area (Å²) in [5, 5.41) is 0. The molecule has 0 aliphatic heterocycles. The lowest BCUT2D eigenvalue weighted by molar-refractivity contribution is 0.0197. The Morgan fingerprint density at radius 1 is 1.15 bits per heavy atom. The van der Waals surface area contributed by atoms with Crippen LogP contribution in [0, 0.1) is 23.2 Å². The Labute approximate surface area is 217 Å². The second kappa shape index (κ2) is 11.2. The largest absolute Gasteiger partial charge is 0.467 e. The molecular formula is C28H40Cl2N2O2. The normalized spacial score (nSPS) is 30.1. The summed E-state index contributed by atoms with van der Waals surface area (Å²) in [5.74, 6) is 3.76. The summed E-state index contributed by atoms with van der Waals surface area (Å²) in [6.45, 7) is 5.08. The SMILES string of the molecule is CCc1cc2c(cc1OCOC)CCC1C2CCC2(C)C(C(N)c3ccccn3)CCC12.Cl.Cl. The van der Waals surface area contributed by atoms with Crippen molar-refractivity contribution in [1.29, 1.82) is 0 Å². The highest BCUT2D eigenvalue weighted by Crippen LogP contribution is 2.64. The van der Waals surface area contributed by atoms with Crippen LogP contribution in [0.5, 0.6) is 5.75 Å². The molecule has 0 amide bonds. The molecule has 2 N–H and O–H groups in total. The molecule has 4 nitrogen and oxygen atoms in total. The molecule has 0 radical (unpaired) electrons. The van der Waals surface area contributed by atoms with E-state index in [1.165, 1.54) is 43.2 Å². The van der Waals surface area contributed by atoms with Crippen molar-refractivity contribution in [2.24, 2.45) is 28.9 Å². The zero-order valence-electron chi connectivity index (χ0n) is 20.7. The molecule has 6 atom stereocenters. The zero-order chi connectivity index (χ0) is 22.3. The molecule has 1 heterocycles. The van der Waals surface area contributed by atoms with Crippen molar-refractivity contribution in [3.63, 3.8) is 0 Å². The predicted molar refractivity (Wildman–Crippen MR) is 142 cm³/mol. The van der Waals surface area contributed by atoms with Crippen molar-refractivity contribution < 1.29 is 9.47 Å². The fourth-order valence-corrected chi connectivity index (χ4v) is 7.59. The molecule has 6 unspecified atom stereocenters. The molecule has 5 rings (SSSR count). The fraction of sp³-hybridized carbons (Fsp3) is 0.607. The third-order valence-electron chi connectivity index (χ3n) is 9.16. The molecular weight excluding hydrogens is 467 g/mol. The van der Waals surface area contributed by atoms with E-state index in [0.29, 0.717) is 24.0 Å². The molecule has 2 fully saturated rings. The molecule has 0 spiro atoms. The Morgan fingerprint density at radius 3 is 2.68 bits per heavy atom. The van der Waals surface area contributed by atoms with E-state index >= 15 is 0 Å². The van der Waals surface area contributed by atoms with Crippen LogP contribution in [-0.2, 0) is 17.6 Å². The van der Waals surface area contributed by atoms with E-state index in [0.717, 1.165) is 36.1 Å². The third-order valence-corrected chi connectivity index (χ3v) is 9.16. The van der Waals surface area contributed by atoms with Crippen LogP contribution in [0.4, 0.5) is 0 Å². The highest BCUT2D eigenvalue weighted by atomic mass is 35.5. The topological polar surface area (TPSA) is 57.4 Å². The Kier molecular flexibility index (Phi) is 8.95. The number of nitrogens with zero attached hydrogens (tertiary/aromatic N) is 1. The summed E-state index contributed by atoms with van der Waals surface area (Å²) in [4.78, 5) is 4.61. The van der Waals surface area contributed by atoms with Gasteiger partial charge in [-0.15, -0.1) is 24.8 Å². The first-order valence-corrected chi connectivity index (χ1v) is 12.5. The number of ether oxygens (including phenoxy) is 2. The van der Waals surface area contributed by atoms with Gasteiger partial charge in [0.15, 0.2) is 6.79 Å². The van der Waals surface area contributed by atoms with Crippen LogP contribution >= 0.6 is 24.8 Å². The van der Waals surface area contributed by atoms with Crippen LogP contribution in [0.15, 0.2) is 36.5 Å². The van der Waals surface area contributed by atoms with E-state index in [2.05, 4.69) is 43.1 Å². The summed E-state index contributed by atoms with van der Waals surface area (Å²) in [6.07, 6.45) is 10.4. The molecule has 1 aromatic heterocycles. The number of halogens is 2. The Hall–Kier alpha value is -1.33. The van der Waals surface area contributed by atoms with Gasteiger partial charge in [0.05, 0.1) is 11.7 Å². The number of methoxy groups -OCH3 is 1. The first-order chi connectivity index (χ1) is 15.6. The van der Waals surface area contributed by atoms with Gasteiger partial charge in [0.1, 0.15) is 5.75 Å². The number of fused-ring (bicyclic) bond motifs is 5. The van der Waals surface area contributed by atoms with Crippen molar-refractivity contribution in [2.45, 2.75) is 70.8 Å². The Balaban J connectivity index is 0.00000162. The molecule has 6 heteroatoms. The summed E-state index contributed by atoms with van der Waals surface area (Å²) in [5.41, 5.74) is 12.6. The maximum absolute atomic E-state index is 6.84. The van der Waals surface area contributed by atoms with Crippen molar-refractivity contribution in [2.75, 3.05) is 13.9 Å². The van der Waals surface area contributed by atoms with Crippen LogP contribution in [0.2, 0.25) is 0 Å². The molecule has 2 aromatic rings. The van der Waals surface area contributed by atoms with E-state index in [4.69, 9.17) is 15.2 Å². The van der Waals surface area contributed by atoms with Crippen LogP contribution in [0.1, 0.15) is 80.3 Å². The standard InChI is InChI=1S/C28H38N2O2.2ClH/c1-4-18-15-22-19(16-26(18)32-17-31-3)8-9-21-20(22)12-13-28(2)23(21)10-11-24(28)27(29)25-7-5-6-14-30-25;;/h5-7,14-16,20-21,23-24,27H,4,8-13,17,29H2,1-3H3;2*1H. The van der Waals surface area contributed by atoms with Crippen molar-refractivity contribution in [3.05, 3.63) is 58.9 Å². The monoisotopic (exact) mass is 506 g/mol. The minimum Gasteiger partial charge on any atom is -0.467 e. The average molecular weight is 508 g/mol. The maximum Gasteiger partial charge on any atom is 0.188 e. The van der Waals surface area contributed by atoms with E-state index < -0.39 is 0 Å². The minimum absolute atomic E-state index is 0. The second-order valence-corrected chi connectivity index (χ2v) is 10.5. The average Bonchev–Trinajstić information content (AvgIpc) is 3.19. The van der Waals surface area contributed by atoms with Crippen molar-refractivity contribution >= 4 is 24.8 Å². The number of benzene rings is 1. The van der Waals surface area contributed by atoms with Gasteiger partial charge in [0, 0.05) is 13.3 Å². The summed E-state index contributed by atoms with van der Waals surface area (Å²) in [6, 6.07) is 11.0. The number of hydrogen-bond donors (Lipinski definition) is 1. The van der Waals surface area contributed by atoms with Gasteiger partial charge in [0.25, 0.3) is 0 Å². The number of pyridine rings is 1. The fourth-order valence-electron chi connectivity index (χ4n) is 7.59. The number of aromatic nitrogens is 1. The number of nitrogens with two attached hydrogens (primary N) is 1. The van der Waals surface area contributed by atoms with Crippen molar-refractivity contribution in [3.8, 4) is 5.75 Å². The first-order valence-electron chi connectivity index (χ1n) is 12.5. The number of hydrogen-bond acceptors (Lipinski definition) is 4. The quantitative estimate of drug-likeness (QED) is 0.445. The molecule has 0 saturated heterocycles. The van der Waals surface area contributed by atoms with E-state index in [9.17, 15) is 0 Å². The Morgan fingerprint density at radius 2 is 1.97 bits per heavy atom. The molecule has 34 heavy (non-hydrogen) atoms. The van der Waals surface area contributed by atoms with Gasteiger partial charge >= 0.3 is 0 Å². The van der Waals surface area contributed by atoms with Gasteiger partial charge in [-0.2, -0.15) is 0 Å². The lowest BCUT2D eigenvalue weighted by atomic mass is 9.53. The molecule has 3 aliphatic rings. The highest BCUT2D eigenvalue weighted by molar-refractivity contribution is 5.85. The van der Waals surface area contributed by atoms with Gasteiger partial charge in [-0.05, 0) is 109 Å². The number of rotatable bonds is 6. The molecule has 1 aromatic carbocycles. The molecule has 2 saturated carbocycles. The van der Waals surface area contributed by atoms with Gasteiger partial charge < -0.3 is 15.2 Å². The minimum atomic E-state index is 0. The van der Waals surface area contributed by atoms with Crippen LogP contribution < -0.4 is 10.5 Å². The number of aryl methyl sites for hydroxylation is 2. The Bertz CT molecular complexity index is 957. The van der Waals surface area contributed by atoms with E-state index in [1.54, 1.807) is 12.7 Å². The van der Waals surface area contributed by atoms with Gasteiger partial charge in [-0.3, -0.25) is 4.98 Å². The van der Waals surface area contributed by atoms with E-state index in [1.807, 2.05) is 12.3 Å². The van der Waals surface area contributed by atoms with Crippen LogP contribution in [0.3, 0.4) is 0 Å². The van der Waals surface area contributed by atoms with Crippen LogP contribution in [-0.4, -0.2) is 18.9 Å². The first kappa shape index (κ1) is 27.3. The molecule has 188 valence electrons. The van der Waals surface area contributed by atoms with Gasteiger partial charge in [-0.25, -0.2) is 0 Å². The second-order valence-electron chi connectivity index (χ2n) is 10.5. The highest BCUT2D eigenvalue weighted by Gasteiger charge is 2.56. The predicted octanol–water partition coefficient (Wildman–Crippen LogP) is 6.64. The van der Waals surface area contributed by atoms with Crippen LogP contribution in [0.25, 0.3) is 0 Å².